The second-order valence-corrected chi connectivity index (χ2v) is 6.67. The third-order valence-electron chi connectivity index (χ3n) is 4.88. The molecule has 0 aromatic carbocycles. The van der Waals surface area contributed by atoms with Crippen LogP contribution in [0.2, 0.25) is 0 Å². The molecule has 0 bridgehead atoms. The lowest BCUT2D eigenvalue weighted by Crippen LogP contribution is -2.31. The lowest BCUT2D eigenvalue weighted by Gasteiger charge is -2.28. The molecule has 2 aliphatic rings. The standard InChI is InChI=1S/C18H24N6/c1-2-17-20-8-13(9-21-17)11-24-7-5-15-14(12-24)10-22-18(23-15)16-4-3-6-19-16/h8-10,16,19H,2-7,11-12H2,1H3/t16-/m1/s1. The van der Waals surface area contributed by atoms with Crippen molar-refractivity contribution in [2.75, 3.05) is 13.1 Å². The van der Waals surface area contributed by atoms with Gasteiger partial charge in [0, 0.05) is 67.9 Å². The highest BCUT2D eigenvalue weighted by atomic mass is 15.1. The van der Waals surface area contributed by atoms with Crippen molar-refractivity contribution in [1.82, 2.24) is 30.2 Å². The molecule has 0 spiro atoms. The van der Waals surface area contributed by atoms with Crippen molar-refractivity contribution in [2.45, 2.75) is 51.7 Å². The van der Waals surface area contributed by atoms with Gasteiger partial charge >= 0.3 is 0 Å². The van der Waals surface area contributed by atoms with Crippen LogP contribution in [0.1, 0.15) is 54.3 Å². The van der Waals surface area contributed by atoms with E-state index in [9.17, 15) is 0 Å². The Balaban J connectivity index is 1.43. The number of hydrogen-bond acceptors (Lipinski definition) is 6. The monoisotopic (exact) mass is 324 g/mol. The molecular weight excluding hydrogens is 300 g/mol. The van der Waals surface area contributed by atoms with Gasteiger partial charge in [-0.3, -0.25) is 4.90 Å². The molecule has 1 fully saturated rings. The molecule has 2 aliphatic heterocycles. The van der Waals surface area contributed by atoms with Gasteiger partial charge in [-0.2, -0.15) is 0 Å². The minimum Gasteiger partial charge on any atom is -0.307 e. The number of fused-ring (bicyclic) bond motifs is 1. The summed E-state index contributed by atoms with van der Waals surface area (Å²) in [4.78, 5) is 20.7. The van der Waals surface area contributed by atoms with Crippen molar-refractivity contribution in [2.24, 2.45) is 0 Å². The third kappa shape index (κ3) is 3.30. The fourth-order valence-corrected chi connectivity index (χ4v) is 3.50. The van der Waals surface area contributed by atoms with Gasteiger partial charge in [-0.15, -0.1) is 0 Å². The maximum absolute atomic E-state index is 4.83. The Morgan fingerprint density at radius 2 is 2.08 bits per heavy atom. The molecule has 6 heteroatoms. The van der Waals surface area contributed by atoms with E-state index in [4.69, 9.17) is 4.98 Å². The quantitative estimate of drug-likeness (QED) is 0.925. The van der Waals surface area contributed by atoms with Crippen LogP contribution in [-0.4, -0.2) is 37.9 Å². The highest BCUT2D eigenvalue weighted by molar-refractivity contribution is 5.22. The molecule has 6 nitrogen and oxygen atoms in total. The molecule has 0 radical (unpaired) electrons. The van der Waals surface area contributed by atoms with E-state index in [-0.39, 0.29) is 0 Å². The predicted molar refractivity (Wildman–Crippen MR) is 91.2 cm³/mol. The summed E-state index contributed by atoms with van der Waals surface area (Å²) >= 11 is 0. The fourth-order valence-electron chi connectivity index (χ4n) is 3.50. The van der Waals surface area contributed by atoms with E-state index >= 15 is 0 Å². The summed E-state index contributed by atoms with van der Waals surface area (Å²) in [6.07, 6.45) is 10.2. The summed E-state index contributed by atoms with van der Waals surface area (Å²) < 4.78 is 0. The van der Waals surface area contributed by atoms with Crippen LogP contribution in [0.3, 0.4) is 0 Å². The van der Waals surface area contributed by atoms with Gasteiger partial charge in [-0.1, -0.05) is 6.92 Å². The smallest absolute Gasteiger partial charge is 0.145 e. The zero-order valence-electron chi connectivity index (χ0n) is 14.2. The number of nitrogens with one attached hydrogen (secondary N) is 1. The maximum Gasteiger partial charge on any atom is 0.145 e. The van der Waals surface area contributed by atoms with Gasteiger partial charge in [-0.25, -0.2) is 19.9 Å². The van der Waals surface area contributed by atoms with Gasteiger partial charge in [0.1, 0.15) is 11.6 Å². The fraction of sp³-hybridized carbons (Fsp3) is 0.556. The Morgan fingerprint density at radius 1 is 1.21 bits per heavy atom. The minimum atomic E-state index is 0.350. The first-order chi connectivity index (χ1) is 11.8. The molecule has 126 valence electrons. The average Bonchev–Trinajstić information content (AvgIpc) is 3.17. The van der Waals surface area contributed by atoms with E-state index in [1.807, 2.05) is 18.6 Å². The molecule has 0 saturated carbocycles. The lowest BCUT2D eigenvalue weighted by atomic mass is 10.1. The van der Waals surface area contributed by atoms with E-state index in [1.165, 1.54) is 23.2 Å². The number of nitrogens with zero attached hydrogens (tertiary/aromatic N) is 5. The molecule has 0 aliphatic carbocycles. The van der Waals surface area contributed by atoms with Crippen LogP contribution >= 0.6 is 0 Å². The zero-order chi connectivity index (χ0) is 16.4. The molecule has 2 aromatic heterocycles. The minimum absolute atomic E-state index is 0.350. The molecular formula is C18H24N6. The molecule has 1 atom stereocenters. The third-order valence-corrected chi connectivity index (χ3v) is 4.88. The first kappa shape index (κ1) is 15.6. The van der Waals surface area contributed by atoms with Gasteiger partial charge in [0.2, 0.25) is 0 Å². The van der Waals surface area contributed by atoms with E-state index < -0.39 is 0 Å². The van der Waals surface area contributed by atoms with E-state index in [0.29, 0.717) is 6.04 Å². The van der Waals surface area contributed by atoms with Crippen molar-refractivity contribution in [3.63, 3.8) is 0 Å². The first-order valence-electron chi connectivity index (χ1n) is 8.92. The summed E-state index contributed by atoms with van der Waals surface area (Å²) in [6.45, 7) is 5.97. The van der Waals surface area contributed by atoms with E-state index in [1.54, 1.807) is 0 Å². The molecule has 0 amide bonds. The second kappa shape index (κ2) is 6.91. The Kier molecular flexibility index (Phi) is 4.49. The van der Waals surface area contributed by atoms with Crippen LogP contribution in [0, 0.1) is 0 Å². The van der Waals surface area contributed by atoms with Crippen molar-refractivity contribution in [1.29, 1.82) is 0 Å². The summed E-state index contributed by atoms with van der Waals surface area (Å²) in [6, 6.07) is 0.350. The van der Waals surface area contributed by atoms with Crippen molar-refractivity contribution >= 4 is 0 Å². The summed E-state index contributed by atoms with van der Waals surface area (Å²) in [5, 5.41) is 3.48. The number of hydrogen-bond donors (Lipinski definition) is 1. The second-order valence-electron chi connectivity index (χ2n) is 6.67. The summed E-state index contributed by atoms with van der Waals surface area (Å²) in [5.41, 5.74) is 3.65. The van der Waals surface area contributed by atoms with Crippen molar-refractivity contribution in [3.8, 4) is 0 Å². The SMILES string of the molecule is CCc1ncc(CN2CCc3nc([C@H]4CCCN4)ncc3C2)cn1. The Morgan fingerprint density at radius 3 is 2.83 bits per heavy atom. The van der Waals surface area contributed by atoms with Crippen LogP contribution < -0.4 is 5.32 Å². The van der Waals surface area contributed by atoms with Crippen molar-refractivity contribution in [3.05, 3.63) is 47.1 Å². The van der Waals surface area contributed by atoms with Gasteiger partial charge < -0.3 is 5.32 Å². The van der Waals surface area contributed by atoms with Crippen LogP contribution in [0.4, 0.5) is 0 Å². The molecule has 1 N–H and O–H groups in total. The van der Waals surface area contributed by atoms with Gasteiger partial charge in [-0.05, 0) is 19.4 Å². The van der Waals surface area contributed by atoms with Crippen LogP contribution in [-0.2, 0) is 25.9 Å². The van der Waals surface area contributed by atoms with Crippen LogP contribution in [0.5, 0.6) is 0 Å². The van der Waals surface area contributed by atoms with E-state index in [2.05, 4.69) is 32.1 Å². The topological polar surface area (TPSA) is 66.8 Å². The Bertz CT molecular complexity index is 693. The van der Waals surface area contributed by atoms with Crippen LogP contribution in [0.25, 0.3) is 0 Å². The predicted octanol–water partition coefficient (Wildman–Crippen LogP) is 1.81. The highest BCUT2D eigenvalue weighted by Gasteiger charge is 2.23. The molecule has 1 saturated heterocycles. The van der Waals surface area contributed by atoms with Gasteiger partial charge in [0.25, 0.3) is 0 Å². The lowest BCUT2D eigenvalue weighted by molar-refractivity contribution is 0.241. The number of aryl methyl sites for hydroxylation is 1. The van der Waals surface area contributed by atoms with E-state index in [0.717, 1.165) is 57.1 Å². The van der Waals surface area contributed by atoms with Gasteiger partial charge in [0.05, 0.1) is 6.04 Å². The Labute approximate surface area is 142 Å². The molecule has 4 heterocycles. The maximum atomic E-state index is 4.83. The highest BCUT2D eigenvalue weighted by Crippen LogP contribution is 2.23. The Hall–Kier alpha value is -1.92. The van der Waals surface area contributed by atoms with Crippen molar-refractivity contribution < 1.29 is 0 Å². The van der Waals surface area contributed by atoms with Crippen LogP contribution in [0.15, 0.2) is 18.6 Å². The molecule has 24 heavy (non-hydrogen) atoms. The zero-order valence-corrected chi connectivity index (χ0v) is 14.2. The van der Waals surface area contributed by atoms with Gasteiger partial charge in [0.15, 0.2) is 0 Å². The summed E-state index contributed by atoms with van der Waals surface area (Å²) in [5.74, 6) is 1.88. The average molecular weight is 324 g/mol. The molecule has 4 rings (SSSR count). The molecule has 2 aromatic rings. The number of rotatable bonds is 4. The summed E-state index contributed by atoms with van der Waals surface area (Å²) in [7, 11) is 0. The largest absolute Gasteiger partial charge is 0.307 e. The number of aromatic nitrogens is 4. The normalized spacial score (nSPS) is 21.0. The molecule has 0 unspecified atom stereocenters. The first-order valence-corrected chi connectivity index (χ1v) is 8.92.